The Balaban J connectivity index is 2.07. The summed E-state index contributed by atoms with van der Waals surface area (Å²) in [6.07, 6.45) is -2.48. The molecule has 3 N–H and O–H groups in total. The highest BCUT2D eigenvalue weighted by molar-refractivity contribution is 5.26. The minimum absolute atomic E-state index is 0.278. The third-order valence-corrected chi connectivity index (χ3v) is 4.00. The molecule has 5 atom stereocenters. The van der Waals surface area contributed by atoms with Crippen molar-refractivity contribution in [1.82, 2.24) is 0 Å². The monoisotopic (exact) mass is 341 g/mol. The first-order valence-electron chi connectivity index (χ1n) is 8.04. The normalized spacial score (nSPS) is 30.3. The smallest absolute Gasteiger partial charge is 0.173 e. The van der Waals surface area contributed by atoms with Gasteiger partial charge in [0.05, 0.1) is 26.4 Å². The average molecular weight is 341 g/mol. The lowest BCUT2D eigenvalue weighted by molar-refractivity contribution is -0.269. The van der Waals surface area contributed by atoms with Crippen LogP contribution in [0.1, 0.15) is 12.5 Å². The van der Waals surface area contributed by atoms with Crippen molar-refractivity contribution in [1.29, 1.82) is 0 Å². The molecular weight excluding hydrogens is 314 g/mol. The summed E-state index contributed by atoms with van der Waals surface area (Å²) in [5.74, 6) is 0.786. The van der Waals surface area contributed by atoms with Crippen LogP contribution in [0.5, 0.6) is 5.75 Å². The van der Waals surface area contributed by atoms with Gasteiger partial charge in [0.25, 0.3) is 0 Å². The van der Waals surface area contributed by atoms with Crippen LogP contribution in [0.4, 0.5) is 0 Å². The van der Waals surface area contributed by atoms with Crippen molar-refractivity contribution in [2.24, 2.45) is 5.73 Å². The van der Waals surface area contributed by atoms with Crippen LogP contribution in [0, 0.1) is 0 Å². The van der Waals surface area contributed by atoms with Crippen LogP contribution in [0.15, 0.2) is 24.3 Å². The molecule has 0 aliphatic carbocycles. The molecular formula is C17H27NO6. The Morgan fingerprint density at radius 1 is 1.12 bits per heavy atom. The number of rotatable bonds is 8. The van der Waals surface area contributed by atoms with Crippen molar-refractivity contribution in [2.75, 3.05) is 27.4 Å². The Labute approximate surface area is 142 Å². The van der Waals surface area contributed by atoms with E-state index in [0.717, 1.165) is 11.3 Å². The lowest BCUT2D eigenvalue weighted by atomic mass is 9.97. The third kappa shape index (κ3) is 4.66. The Morgan fingerprint density at radius 3 is 2.42 bits per heavy atom. The van der Waals surface area contributed by atoms with Gasteiger partial charge in [-0.05, 0) is 24.6 Å². The molecule has 0 spiro atoms. The zero-order chi connectivity index (χ0) is 17.5. The summed E-state index contributed by atoms with van der Waals surface area (Å²) in [4.78, 5) is 0. The van der Waals surface area contributed by atoms with Gasteiger partial charge in [0.1, 0.15) is 24.1 Å². The van der Waals surface area contributed by atoms with Crippen LogP contribution >= 0.6 is 0 Å². The van der Waals surface area contributed by atoms with Gasteiger partial charge >= 0.3 is 0 Å². The Bertz CT molecular complexity index is 482. The van der Waals surface area contributed by atoms with E-state index in [1.807, 2.05) is 31.2 Å². The van der Waals surface area contributed by atoms with Gasteiger partial charge in [0.2, 0.25) is 0 Å². The van der Waals surface area contributed by atoms with Crippen LogP contribution in [0.2, 0.25) is 0 Å². The van der Waals surface area contributed by atoms with Crippen molar-refractivity contribution in [3.63, 3.8) is 0 Å². The number of nitrogens with two attached hydrogens (primary N) is 1. The van der Waals surface area contributed by atoms with Crippen LogP contribution in [0.25, 0.3) is 0 Å². The Morgan fingerprint density at radius 2 is 1.83 bits per heavy atom. The quantitative estimate of drug-likeness (QED) is 0.718. The summed E-state index contributed by atoms with van der Waals surface area (Å²) in [6.45, 7) is 2.98. The van der Waals surface area contributed by atoms with Gasteiger partial charge in [0, 0.05) is 13.7 Å². The molecule has 136 valence electrons. The van der Waals surface area contributed by atoms with Crippen molar-refractivity contribution >= 4 is 0 Å². The van der Waals surface area contributed by atoms with E-state index >= 15 is 0 Å². The molecule has 2 rings (SSSR count). The number of benzene rings is 1. The van der Waals surface area contributed by atoms with E-state index in [0.29, 0.717) is 13.2 Å². The summed E-state index contributed by atoms with van der Waals surface area (Å²) in [5.41, 5.74) is 7.01. The van der Waals surface area contributed by atoms with Gasteiger partial charge < -0.3 is 34.5 Å². The van der Waals surface area contributed by atoms with Crippen LogP contribution < -0.4 is 10.5 Å². The molecule has 0 radical (unpaired) electrons. The van der Waals surface area contributed by atoms with E-state index in [9.17, 15) is 5.11 Å². The highest BCUT2D eigenvalue weighted by Crippen LogP contribution is 2.25. The lowest BCUT2D eigenvalue weighted by Crippen LogP contribution is -2.63. The highest BCUT2D eigenvalue weighted by Gasteiger charge is 2.45. The van der Waals surface area contributed by atoms with Gasteiger partial charge in [0.15, 0.2) is 6.29 Å². The van der Waals surface area contributed by atoms with E-state index in [2.05, 4.69) is 0 Å². The Hall–Kier alpha value is -1.22. The molecule has 7 heteroatoms. The van der Waals surface area contributed by atoms with E-state index in [-0.39, 0.29) is 6.61 Å². The van der Waals surface area contributed by atoms with E-state index in [1.54, 1.807) is 14.2 Å². The predicted molar refractivity (Wildman–Crippen MR) is 87.7 cm³/mol. The first-order valence-corrected chi connectivity index (χ1v) is 8.04. The fraction of sp³-hybridized carbons (Fsp3) is 0.647. The third-order valence-electron chi connectivity index (χ3n) is 4.00. The van der Waals surface area contributed by atoms with E-state index < -0.39 is 30.6 Å². The number of hydrogen-bond donors (Lipinski definition) is 2. The predicted octanol–water partition coefficient (Wildman–Crippen LogP) is 0.676. The largest absolute Gasteiger partial charge is 0.497 e. The van der Waals surface area contributed by atoms with Gasteiger partial charge in [-0.3, -0.25) is 0 Å². The van der Waals surface area contributed by atoms with E-state index in [1.165, 1.54) is 0 Å². The zero-order valence-corrected chi connectivity index (χ0v) is 14.4. The molecule has 7 nitrogen and oxygen atoms in total. The molecule has 1 heterocycles. The van der Waals surface area contributed by atoms with Crippen molar-refractivity contribution in [3.05, 3.63) is 29.8 Å². The maximum atomic E-state index is 9.98. The van der Waals surface area contributed by atoms with E-state index in [4.69, 9.17) is 29.4 Å². The summed E-state index contributed by atoms with van der Waals surface area (Å²) in [7, 11) is 3.19. The molecule has 1 saturated heterocycles. The number of methoxy groups -OCH3 is 2. The van der Waals surface area contributed by atoms with Crippen LogP contribution in [-0.2, 0) is 25.6 Å². The molecule has 0 aromatic heterocycles. The maximum Gasteiger partial charge on any atom is 0.173 e. The summed E-state index contributed by atoms with van der Waals surface area (Å²) >= 11 is 0. The number of aliphatic hydroxyl groups is 1. The summed E-state index contributed by atoms with van der Waals surface area (Å²) in [5, 5.41) is 9.98. The van der Waals surface area contributed by atoms with Gasteiger partial charge in [-0.15, -0.1) is 0 Å². The topological polar surface area (TPSA) is 92.4 Å². The van der Waals surface area contributed by atoms with Crippen molar-refractivity contribution < 1.29 is 28.8 Å². The SMILES string of the molecule is CCOC1C(N)C(O)OC(COC)C1OCc1ccc(OC)cc1. The first-order chi connectivity index (χ1) is 11.6. The van der Waals surface area contributed by atoms with Gasteiger partial charge in [-0.2, -0.15) is 0 Å². The minimum atomic E-state index is -1.11. The molecule has 1 aromatic carbocycles. The zero-order valence-electron chi connectivity index (χ0n) is 14.4. The number of aliphatic hydroxyl groups excluding tert-OH is 1. The van der Waals surface area contributed by atoms with Crippen LogP contribution in [-0.4, -0.2) is 63.2 Å². The summed E-state index contributed by atoms with van der Waals surface area (Å²) < 4.78 is 27.6. The minimum Gasteiger partial charge on any atom is -0.497 e. The van der Waals surface area contributed by atoms with Gasteiger partial charge in [-0.25, -0.2) is 0 Å². The van der Waals surface area contributed by atoms with Crippen molar-refractivity contribution in [3.8, 4) is 5.75 Å². The standard InChI is InChI=1S/C17H27NO6/c1-4-22-16-14(18)17(19)24-13(10-20-2)15(16)23-9-11-5-7-12(21-3)8-6-11/h5-8,13-17,19H,4,9-10,18H2,1-3H3. The molecule has 0 saturated carbocycles. The number of ether oxygens (including phenoxy) is 5. The second-order valence-electron chi connectivity index (χ2n) is 5.64. The maximum absolute atomic E-state index is 9.98. The van der Waals surface area contributed by atoms with Crippen LogP contribution in [0.3, 0.4) is 0 Å². The fourth-order valence-electron chi connectivity index (χ4n) is 2.75. The molecule has 1 aliphatic rings. The molecule has 1 aromatic rings. The Kier molecular flexibility index (Phi) is 7.41. The molecule has 0 bridgehead atoms. The highest BCUT2D eigenvalue weighted by atomic mass is 16.7. The van der Waals surface area contributed by atoms with Gasteiger partial charge in [-0.1, -0.05) is 12.1 Å². The molecule has 0 amide bonds. The number of hydrogen-bond acceptors (Lipinski definition) is 7. The lowest BCUT2D eigenvalue weighted by Gasteiger charge is -2.43. The molecule has 1 aliphatic heterocycles. The van der Waals surface area contributed by atoms with Crippen molar-refractivity contribution in [2.45, 2.75) is 44.2 Å². The molecule has 1 fully saturated rings. The molecule has 24 heavy (non-hydrogen) atoms. The molecule has 5 unspecified atom stereocenters. The second kappa shape index (κ2) is 9.31. The first kappa shape index (κ1) is 19.1. The second-order valence-corrected chi connectivity index (χ2v) is 5.64. The summed E-state index contributed by atoms with van der Waals surface area (Å²) in [6, 6.07) is 6.92. The average Bonchev–Trinajstić information content (AvgIpc) is 2.59. The fourth-order valence-corrected chi connectivity index (χ4v) is 2.75.